The van der Waals surface area contributed by atoms with Crippen LogP contribution in [0.3, 0.4) is 0 Å². The molecule has 0 unspecified atom stereocenters. The minimum atomic E-state index is 0.0726. The predicted molar refractivity (Wildman–Crippen MR) is 84.8 cm³/mol. The number of carbonyl (C=O) groups excluding carboxylic acids is 1. The van der Waals surface area contributed by atoms with E-state index in [1.165, 1.54) is 19.3 Å². The molecular formula is C16H23ClN2O2. The molecule has 1 amide bonds. The van der Waals surface area contributed by atoms with Crippen molar-refractivity contribution in [3.8, 4) is 5.75 Å². The molecule has 1 saturated heterocycles. The molecule has 0 radical (unpaired) electrons. The standard InChI is InChI=1S/C16H23ClN2O2/c1-13-4-2-3-10-19(13)12-16(20)18-9-11-21-15-7-5-14(17)6-8-15/h5-8,13H,2-4,9-12H2,1H3,(H,18,20)/t13-/m1/s1. The van der Waals surface area contributed by atoms with Gasteiger partial charge in [-0.3, -0.25) is 9.69 Å². The van der Waals surface area contributed by atoms with Gasteiger partial charge in [-0.05, 0) is 50.6 Å². The van der Waals surface area contributed by atoms with Gasteiger partial charge in [0.15, 0.2) is 0 Å². The summed E-state index contributed by atoms with van der Waals surface area (Å²) in [5.41, 5.74) is 0. The van der Waals surface area contributed by atoms with Gasteiger partial charge in [0.25, 0.3) is 0 Å². The average molecular weight is 311 g/mol. The summed E-state index contributed by atoms with van der Waals surface area (Å²) < 4.78 is 5.54. The third kappa shape index (κ3) is 5.56. The first-order valence-electron chi connectivity index (χ1n) is 7.54. The Morgan fingerprint density at radius 2 is 2.14 bits per heavy atom. The van der Waals surface area contributed by atoms with Gasteiger partial charge < -0.3 is 10.1 Å². The van der Waals surface area contributed by atoms with Crippen molar-refractivity contribution in [2.24, 2.45) is 0 Å². The Hall–Kier alpha value is -1.26. The number of ether oxygens (including phenoxy) is 1. The van der Waals surface area contributed by atoms with Gasteiger partial charge >= 0.3 is 0 Å². The summed E-state index contributed by atoms with van der Waals surface area (Å²) in [5, 5.41) is 3.59. The van der Waals surface area contributed by atoms with Crippen LogP contribution in [0.5, 0.6) is 5.75 Å². The monoisotopic (exact) mass is 310 g/mol. The molecule has 0 bridgehead atoms. The highest BCUT2D eigenvalue weighted by Gasteiger charge is 2.20. The summed E-state index contributed by atoms with van der Waals surface area (Å²) in [5.74, 6) is 0.835. The topological polar surface area (TPSA) is 41.6 Å². The van der Waals surface area contributed by atoms with E-state index in [2.05, 4.69) is 17.1 Å². The lowest BCUT2D eigenvalue weighted by molar-refractivity contribution is -0.123. The lowest BCUT2D eigenvalue weighted by atomic mass is 10.0. The maximum absolute atomic E-state index is 11.9. The highest BCUT2D eigenvalue weighted by molar-refractivity contribution is 6.30. The highest BCUT2D eigenvalue weighted by atomic mass is 35.5. The van der Waals surface area contributed by atoms with Crippen molar-refractivity contribution in [3.05, 3.63) is 29.3 Å². The van der Waals surface area contributed by atoms with Crippen molar-refractivity contribution in [2.45, 2.75) is 32.2 Å². The maximum atomic E-state index is 11.9. The number of amides is 1. The summed E-state index contributed by atoms with van der Waals surface area (Å²) in [7, 11) is 0. The first-order chi connectivity index (χ1) is 10.1. The number of piperidine rings is 1. The molecule has 1 fully saturated rings. The van der Waals surface area contributed by atoms with Crippen molar-refractivity contribution in [1.29, 1.82) is 0 Å². The zero-order valence-electron chi connectivity index (χ0n) is 12.5. The van der Waals surface area contributed by atoms with Crippen LogP contribution < -0.4 is 10.1 Å². The number of hydrogen-bond donors (Lipinski definition) is 1. The van der Waals surface area contributed by atoms with Crippen LogP contribution in [0.25, 0.3) is 0 Å². The minimum absolute atomic E-state index is 0.0726. The number of nitrogens with one attached hydrogen (secondary N) is 1. The fourth-order valence-electron chi connectivity index (χ4n) is 2.52. The van der Waals surface area contributed by atoms with Crippen LogP contribution in [0.4, 0.5) is 0 Å². The molecule has 21 heavy (non-hydrogen) atoms. The largest absolute Gasteiger partial charge is 0.492 e. The Morgan fingerprint density at radius 3 is 2.86 bits per heavy atom. The van der Waals surface area contributed by atoms with E-state index in [1.807, 2.05) is 12.1 Å². The number of halogens is 1. The van der Waals surface area contributed by atoms with Crippen LogP contribution in [-0.4, -0.2) is 43.1 Å². The van der Waals surface area contributed by atoms with Crippen LogP contribution >= 0.6 is 11.6 Å². The molecule has 1 heterocycles. The lowest BCUT2D eigenvalue weighted by Crippen LogP contribution is -2.44. The molecule has 0 aliphatic carbocycles. The zero-order valence-corrected chi connectivity index (χ0v) is 13.2. The lowest BCUT2D eigenvalue weighted by Gasteiger charge is -2.32. The van der Waals surface area contributed by atoms with Gasteiger partial charge in [-0.2, -0.15) is 0 Å². The highest BCUT2D eigenvalue weighted by Crippen LogP contribution is 2.16. The quantitative estimate of drug-likeness (QED) is 0.821. The van der Waals surface area contributed by atoms with Gasteiger partial charge in [0.1, 0.15) is 12.4 Å². The summed E-state index contributed by atoms with van der Waals surface area (Å²) in [6, 6.07) is 7.72. The number of likely N-dealkylation sites (tertiary alicyclic amines) is 1. The molecule has 2 rings (SSSR count). The Kier molecular flexibility index (Phi) is 6.33. The summed E-state index contributed by atoms with van der Waals surface area (Å²) >= 11 is 5.80. The van der Waals surface area contributed by atoms with Crippen molar-refractivity contribution in [1.82, 2.24) is 10.2 Å². The van der Waals surface area contributed by atoms with Crippen LogP contribution in [0.15, 0.2) is 24.3 Å². The smallest absolute Gasteiger partial charge is 0.234 e. The van der Waals surface area contributed by atoms with Gasteiger partial charge in [0.05, 0.1) is 13.1 Å². The number of rotatable bonds is 6. The third-order valence-corrected chi connectivity index (χ3v) is 4.05. The molecule has 1 aromatic rings. The van der Waals surface area contributed by atoms with Gasteiger partial charge in [-0.1, -0.05) is 18.0 Å². The Labute approximate surface area is 131 Å². The molecule has 0 aromatic heterocycles. The summed E-state index contributed by atoms with van der Waals surface area (Å²) in [4.78, 5) is 14.1. The van der Waals surface area contributed by atoms with Crippen LogP contribution in [0, 0.1) is 0 Å². The molecule has 1 aromatic carbocycles. The van der Waals surface area contributed by atoms with Gasteiger partial charge in [-0.25, -0.2) is 0 Å². The van der Waals surface area contributed by atoms with E-state index in [4.69, 9.17) is 16.3 Å². The molecule has 116 valence electrons. The van der Waals surface area contributed by atoms with Crippen LogP contribution in [0.1, 0.15) is 26.2 Å². The number of benzene rings is 1. The fourth-order valence-corrected chi connectivity index (χ4v) is 2.65. The van der Waals surface area contributed by atoms with Crippen molar-refractivity contribution in [2.75, 3.05) is 26.2 Å². The zero-order chi connectivity index (χ0) is 15.1. The van der Waals surface area contributed by atoms with Crippen LogP contribution in [0.2, 0.25) is 5.02 Å². The normalized spacial score (nSPS) is 19.2. The second kappa shape index (κ2) is 8.25. The maximum Gasteiger partial charge on any atom is 0.234 e. The van der Waals surface area contributed by atoms with E-state index in [0.29, 0.717) is 30.8 Å². The summed E-state index contributed by atoms with van der Waals surface area (Å²) in [6.07, 6.45) is 3.65. The van der Waals surface area contributed by atoms with E-state index in [-0.39, 0.29) is 5.91 Å². The minimum Gasteiger partial charge on any atom is -0.492 e. The molecule has 1 aliphatic rings. The average Bonchev–Trinajstić information content (AvgIpc) is 2.48. The molecule has 4 nitrogen and oxygen atoms in total. The first-order valence-corrected chi connectivity index (χ1v) is 7.92. The SMILES string of the molecule is C[C@@H]1CCCCN1CC(=O)NCCOc1ccc(Cl)cc1. The van der Waals surface area contributed by atoms with E-state index in [1.54, 1.807) is 12.1 Å². The molecule has 0 saturated carbocycles. The number of nitrogens with zero attached hydrogens (tertiary/aromatic N) is 1. The van der Waals surface area contributed by atoms with Crippen LogP contribution in [-0.2, 0) is 4.79 Å². The van der Waals surface area contributed by atoms with Crippen molar-refractivity contribution >= 4 is 17.5 Å². The Balaban J connectivity index is 1.61. The number of carbonyl (C=O) groups is 1. The number of hydrogen-bond acceptors (Lipinski definition) is 3. The van der Waals surface area contributed by atoms with E-state index in [9.17, 15) is 4.79 Å². The van der Waals surface area contributed by atoms with E-state index in [0.717, 1.165) is 12.3 Å². The molecule has 0 spiro atoms. The first kappa shape index (κ1) is 16.1. The predicted octanol–water partition coefficient (Wildman–Crippen LogP) is 2.71. The molecule has 5 heteroatoms. The molecule has 1 atom stereocenters. The molecule has 1 aliphatic heterocycles. The molecule has 1 N–H and O–H groups in total. The van der Waals surface area contributed by atoms with Crippen molar-refractivity contribution < 1.29 is 9.53 Å². The second-order valence-corrected chi connectivity index (χ2v) is 5.90. The van der Waals surface area contributed by atoms with Crippen molar-refractivity contribution in [3.63, 3.8) is 0 Å². The van der Waals surface area contributed by atoms with E-state index < -0.39 is 0 Å². The summed E-state index contributed by atoms with van der Waals surface area (Å²) in [6.45, 7) is 4.68. The van der Waals surface area contributed by atoms with Gasteiger partial charge in [-0.15, -0.1) is 0 Å². The molecular weight excluding hydrogens is 288 g/mol. The van der Waals surface area contributed by atoms with Gasteiger partial charge in [0, 0.05) is 11.1 Å². The Bertz CT molecular complexity index is 450. The van der Waals surface area contributed by atoms with Gasteiger partial charge in [0.2, 0.25) is 5.91 Å². The fraction of sp³-hybridized carbons (Fsp3) is 0.562. The Morgan fingerprint density at radius 1 is 1.38 bits per heavy atom. The second-order valence-electron chi connectivity index (χ2n) is 5.47. The van der Waals surface area contributed by atoms with E-state index >= 15 is 0 Å². The third-order valence-electron chi connectivity index (χ3n) is 3.79.